The molecule has 0 atom stereocenters. The van der Waals surface area contributed by atoms with Gasteiger partial charge in [0.25, 0.3) is 0 Å². The molecule has 0 unspecified atom stereocenters. The summed E-state index contributed by atoms with van der Waals surface area (Å²) < 4.78 is 2.05. The number of benzene rings is 1. The number of hydrogen-bond acceptors (Lipinski definition) is 3. The van der Waals surface area contributed by atoms with E-state index in [0.29, 0.717) is 27.6 Å². The number of aryl methyl sites for hydroxylation is 1. The Labute approximate surface area is 161 Å². The monoisotopic (exact) mass is 388 g/mol. The number of hydrogen-bond donors (Lipinski definition) is 1. The summed E-state index contributed by atoms with van der Waals surface area (Å²) >= 11 is 12.2. The highest BCUT2D eigenvalue weighted by molar-refractivity contribution is 6.33. The van der Waals surface area contributed by atoms with Crippen LogP contribution in [-0.2, 0) is 11.2 Å². The van der Waals surface area contributed by atoms with Gasteiger partial charge >= 0.3 is 0 Å². The number of nitrogens with zero attached hydrogens (tertiary/aromatic N) is 3. The van der Waals surface area contributed by atoms with Crippen molar-refractivity contribution in [3.63, 3.8) is 0 Å². The number of anilines is 1. The molecule has 0 radical (unpaired) electrons. The number of amides is 1. The van der Waals surface area contributed by atoms with Crippen molar-refractivity contribution >= 4 is 46.2 Å². The van der Waals surface area contributed by atoms with E-state index in [2.05, 4.69) is 19.9 Å². The average molecular weight is 389 g/mol. The largest absolute Gasteiger partial charge is 0.296 e. The van der Waals surface area contributed by atoms with E-state index in [1.54, 1.807) is 18.2 Å². The SMILES string of the molecule is Cc1cnc2c(c1)nc(NC(=O)Cc1cc(Cl)ccc1Cl)n2C1CCC1. The maximum Gasteiger partial charge on any atom is 0.231 e. The molecule has 134 valence electrons. The Balaban J connectivity index is 1.63. The first-order valence-electron chi connectivity index (χ1n) is 8.59. The number of nitrogens with one attached hydrogen (secondary N) is 1. The lowest BCUT2D eigenvalue weighted by atomic mass is 9.93. The molecule has 3 aromatic rings. The smallest absolute Gasteiger partial charge is 0.231 e. The summed E-state index contributed by atoms with van der Waals surface area (Å²) in [6.07, 6.45) is 5.30. The second-order valence-electron chi connectivity index (χ2n) is 6.71. The molecule has 1 fully saturated rings. The summed E-state index contributed by atoms with van der Waals surface area (Å²) in [5.41, 5.74) is 3.35. The van der Waals surface area contributed by atoms with E-state index in [4.69, 9.17) is 23.2 Å². The van der Waals surface area contributed by atoms with Gasteiger partial charge in [0.2, 0.25) is 11.9 Å². The van der Waals surface area contributed by atoms with Gasteiger partial charge in [0.05, 0.1) is 6.42 Å². The highest BCUT2D eigenvalue weighted by Gasteiger charge is 2.26. The summed E-state index contributed by atoms with van der Waals surface area (Å²) in [6, 6.07) is 7.43. The fourth-order valence-electron chi connectivity index (χ4n) is 3.18. The van der Waals surface area contributed by atoms with Gasteiger partial charge in [-0.25, -0.2) is 9.97 Å². The summed E-state index contributed by atoms with van der Waals surface area (Å²) in [7, 11) is 0. The minimum atomic E-state index is -0.179. The van der Waals surface area contributed by atoms with Crippen molar-refractivity contribution in [2.75, 3.05) is 5.32 Å². The number of carbonyl (C=O) groups excluding carboxylic acids is 1. The van der Waals surface area contributed by atoms with Crippen molar-refractivity contribution < 1.29 is 4.79 Å². The van der Waals surface area contributed by atoms with Gasteiger partial charge in [-0.1, -0.05) is 23.2 Å². The molecule has 1 aliphatic rings. The predicted octanol–water partition coefficient (Wildman–Crippen LogP) is 4.95. The van der Waals surface area contributed by atoms with Crippen LogP contribution < -0.4 is 5.32 Å². The van der Waals surface area contributed by atoms with Crippen LogP contribution in [0.5, 0.6) is 0 Å². The fraction of sp³-hybridized carbons (Fsp3) is 0.316. The van der Waals surface area contributed by atoms with E-state index >= 15 is 0 Å². The third-order valence-corrected chi connectivity index (χ3v) is 5.32. The molecular formula is C19H18Cl2N4O. The summed E-state index contributed by atoms with van der Waals surface area (Å²) in [5.74, 6) is 0.368. The summed E-state index contributed by atoms with van der Waals surface area (Å²) in [4.78, 5) is 21.7. The molecule has 0 saturated heterocycles. The fourth-order valence-corrected chi connectivity index (χ4v) is 3.56. The Morgan fingerprint density at radius 2 is 2.12 bits per heavy atom. The molecule has 1 amide bonds. The second-order valence-corrected chi connectivity index (χ2v) is 7.55. The number of fused-ring (bicyclic) bond motifs is 1. The van der Waals surface area contributed by atoms with Crippen molar-refractivity contribution in [2.24, 2.45) is 0 Å². The molecule has 0 spiro atoms. The van der Waals surface area contributed by atoms with Gasteiger partial charge in [-0.3, -0.25) is 14.7 Å². The molecule has 2 heterocycles. The van der Waals surface area contributed by atoms with Crippen molar-refractivity contribution in [2.45, 2.75) is 38.6 Å². The van der Waals surface area contributed by atoms with Crippen LogP contribution in [0.2, 0.25) is 10.0 Å². The molecule has 4 rings (SSSR count). The average Bonchev–Trinajstić information content (AvgIpc) is 2.86. The van der Waals surface area contributed by atoms with Crippen LogP contribution >= 0.6 is 23.2 Å². The van der Waals surface area contributed by atoms with Crippen LogP contribution in [0, 0.1) is 6.92 Å². The van der Waals surface area contributed by atoms with Gasteiger partial charge in [-0.2, -0.15) is 0 Å². The lowest BCUT2D eigenvalue weighted by molar-refractivity contribution is -0.115. The zero-order valence-electron chi connectivity index (χ0n) is 14.3. The van der Waals surface area contributed by atoms with E-state index in [-0.39, 0.29) is 12.3 Å². The van der Waals surface area contributed by atoms with Gasteiger partial charge in [-0.15, -0.1) is 0 Å². The molecule has 2 aromatic heterocycles. The van der Waals surface area contributed by atoms with Crippen LogP contribution in [-0.4, -0.2) is 20.4 Å². The maximum atomic E-state index is 12.6. The molecule has 1 aromatic carbocycles. The van der Waals surface area contributed by atoms with Crippen molar-refractivity contribution in [1.82, 2.24) is 14.5 Å². The van der Waals surface area contributed by atoms with Crippen LogP contribution in [0.3, 0.4) is 0 Å². The van der Waals surface area contributed by atoms with E-state index in [9.17, 15) is 4.79 Å². The highest BCUT2D eigenvalue weighted by atomic mass is 35.5. The molecule has 5 nitrogen and oxygen atoms in total. The second kappa shape index (κ2) is 6.89. The van der Waals surface area contributed by atoms with Crippen molar-refractivity contribution in [3.8, 4) is 0 Å². The Hall–Kier alpha value is -2.11. The number of aromatic nitrogens is 3. The molecule has 1 N–H and O–H groups in total. The number of pyridine rings is 1. The Bertz CT molecular complexity index is 995. The first-order valence-corrected chi connectivity index (χ1v) is 9.35. The van der Waals surface area contributed by atoms with E-state index in [1.807, 2.05) is 19.2 Å². The maximum absolute atomic E-state index is 12.6. The topological polar surface area (TPSA) is 59.8 Å². The van der Waals surface area contributed by atoms with Crippen molar-refractivity contribution in [3.05, 3.63) is 51.6 Å². The third-order valence-electron chi connectivity index (χ3n) is 4.72. The Morgan fingerprint density at radius 3 is 2.85 bits per heavy atom. The first-order chi connectivity index (χ1) is 12.5. The molecule has 26 heavy (non-hydrogen) atoms. The lowest BCUT2D eigenvalue weighted by Gasteiger charge is -2.28. The normalized spacial score (nSPS) is 14.4. The zero-order valence-corrected chi connectivity index (χ0v) is 15.8. The molecule has 7 heteroatoms. The third kappa shape index (κ3) is 3.29. The number of rotatable bonds is 4. The van der Waals surface area contributed by atoms with E-state index < -0.39 is 0 Å². The van der Waals surface area contributed by atoms with E-state index in [1.165, 1.54) is 6.42 Å². The van der Waals surface area contributed by atoms with Gasteiger partial charge in [0.15, 0.2) is 5.65 Å². The van der Waals surface area contributed by atoms with E-state index in [0.717, 1.165) is 29.6 Å². The van der Waals surface area contributed by atoms with Gasteiger partial charge in [0.1, 0.15) is 5.52 Å². The molecular weight excluding hydrogens is 371 g/mol. The standard InChI is InChI=1S/C19H18Cl2N4O/c1-11-7-16-18(22-10-11)25(14-3-2-4-14)19(23-16)24-17(26)9-12-8-13(20)5-6-15(12)21/h5-8,10,14H,2-4,9H2,1H3,(H,23,24,26). The van der Waals surface area contributed by atoms with Crippen LogP contribution in [0.25, 0.3) is 11.2 Å². The molecule has 1 aliphatic carbocycles. The van der Waals surface area contributed by atoms with Gasteiger partial charge < -0.3 is 0 Å². The first kappa shape index (κ1) is 17.3. The van der Waals surface area contributed by atoms with Gasteiger partial charge in [-0.05, 0) is 61.6 Å². The molecule has 0 aliphatic heterocycles. The minimum Gasteiger partial charge on any atom is -0.296 e. The van der Waals surface area contributed by atoms with Crippen LogP contribution in [0.1, 0.15) is 36.4 Å². The quantitative estimate of drug-likeness (QED) is 0.687. The Morgan fingerprint density at radius 1 is 1.31 bits per heavy atom. The minimum absolute atomic E-state index is 0.139. The van der Waals surface area contributed by atoms with Crippen molar-refractivity contribution in [1.29, 1.82) is 0 Å². The summed E-state index contributed by atoms with van der Waals surface area (Å²) in [5, 5.41) is 4.01. The Kier molecular flexibility index (Phi) is 4.59. The van der Waals surface area contributed by atoms with Crippen LogP contribution in [0.15, 0.2) is 30.5 Å². The molecule has 0 bridgehead atoms. The lowest BCUT2D eigenvalue weighted by Crippen LogP contribution is -2.23. The molecule has 1 saturated carbocycles. The highest BCUT2D eigenvalue weighted by Crippen LogP contribution is 2.36. The predicted molar refractivity (Wildman–Crippen MR) is 104 cm³/mol. The summed E-state index contributed by atoms with van der Waals surface area (Å²) in [6.45, 7) is 1.98. The van der Waals surface area contributed by atoms with Crippen LogP contribution in [0.4, 0.5) is 5.95 Å². The van der Waals surface area contributed by atoms with Gasteiger partial charge in [0, 0.05) is 22.3 Å². The number of imidazole rings is 1. The number of carbonyl (C=O) groups is 1. The number of halogens is 2. The zero-order chi connectivity index (χ0) is 18.3.